The van der Waals surface area contributed by atoms with Crippen molar-refractivity contribution in [3.8, 4) is 0 Å². The summed E-state index contributed by atoms with van der Waals surface area (Å²) < 4.78 is 7.33. The number of nitrogens with zero attached hydrogens (tertiary/aromatic N) is 4. The Bertz CT molecular complexity index is 584. The van der Waals surface area contributed by atoms with Crippen LogP contribution in [-0.2, 0) is 11.8 Å². The van der Waals surface area contributed by atoms with E-state index < -0.39 is 5.97 Å². The summed E-state index contributed by atoms with van der Waals surface area (Å²) in [6.07, 6.45) is 4.68. The summed E-state index contributed by atoms with van der Waals surface area (Å²) in [5.74, 6) is 0.514. The number of carbonyl (C=O) groups excluding carboxylic acids is 1. The number of carbonyl (C=O) groups is 1. The van der Waals surface area contributed by atoms with E-state index in [0.29, 0.717) is 27.5 Å². The number of nitrogens with one attached hydrogen (secondary N) is 1. The van der Waals surface area contributed by atoms with E-state index in [1.54, 1.807) is 37.2 Å². The van der Waals surface area contributed by atoms with Crippen LogP contribution in [0.4, 0.5) is 11.6 Å². The van der Waals surface area contributed by atoms with Gasteiger partial charge >= 0.3 is 5.97 Å². The number of esters is 1. The number of rotatable bonds is 4. The maximum absolute atomic E-state index is 11.9. The largest absolute Gasteiger partial charge is 0.462 e. The van der Waals surface area contributed by atoms with Gasteiger partial charge in [-0.05, 0) is 29.5 Å². The molecule has 2 aromatic heterocycles. The molecule has 0 saturated heterocycles. The van der Waals surface area contributed by atoms with E-state index >= 15 is 0 Å². The Balaban J connectivity index is 2.35. The first kappa shape index (κ1) is 13.7. The fraction of sp³-hybridized carbons (Fsp3) is 0.273. The molecule has 8 heteroatoms. The topological polar surface area (TPSA) is 81.9 Å². The molecule has 2 heterocycles. The molecule has 0 aliphatic rings. The van der Waals surface area contributed by atoms with Crippen LogP contribution < -0.4 is 5.32 Å². The van der Waals surface area contributed by atoms with Gasteiger partial charge in [-0.2, -0.15) is 5.10 Å². The number of hydrogen-bond donors (Lipinski definition) is 1. The summed E-state index contributed by atoms with van der Waals surface area (Å²) in [5.41, 5.74) is 0.399. The lowest BCUT2D eigenvalue weighted by atomic mass is 10.3. The monoisotopic (exact) mass is 373 g/mol. The van der Waals surface area contributed by atoms with Gasteiger partial charge in [0.05, 0.1) is 12.8 Å². The molecule has 0 bridgehead atoms. The zero-order valence-corrected chi connectivity index (χ0v) is 12.6. The van der Waals surface area contributed by atoms with Crippen LogP contribution in [0.25, 0.3) is 0 Å². The highest BCUT2D eigenvalue weighted by Gasteiger charge is 2.22. The molecular weight excluding hydrogens is 361 g/mol. The summed E-state index contributed by atoms with van der Waals surface area (Å²) in [7, 11) is 1.76. The van der Waals surface area contributed by atoms with Crippen molar-refractivity contribution in [1.82, 2.24) is 19.7 Å². The first-order valence-electron chi connectivity index (χ1n) is 5.56. The molecule has 1 N–H and O–H groups in total. The van der Waals surface area contributed by atoms with Gasteiger partial charge in [0.25, 0.3) is 0 Å². The highest BCUT2D eigenvalue weighted by molar-refractivity contribution is 14.1. The lowest BCUT2D eigenvalue weighted by Gasteiger charge is -2.04. The molecule has 19 heavy (non-hydrogen) atoms. The van der Waals surface area contributed by atoms with E-state index in [1.807, 2.05) is 22.6 Å². The standard InChI is InChI=1S/C11H12IN5O2/c1-3-19-11(18)8-9(12)17(2)16-10(8)15-7-6-13-4-5-14-7/h4-6H,3H2,1-2H3,(H,14,15,16). The van der Waals surface area contributed by atoms with Gasteiger partial charge in [-0.3, -0.25) is 9.67 Å². The summed E-state index contributed by atoms with van der Waals surface area (Å²) in [4.78, 5) is 20.0. The second-order valence-corrected chi connectivity index (χ2v) is 4.60. The predicted molar refractivity (Wildman–Crippen MR) is 77.2 cm³/mol. The number of anilines is 2. The molecule has 0 aliphatic carbocycles. The minimum absolute atomic E-state index is 0.314. The van der Waals surface area contributed by atoms with Gasteiger partial charge < -0.3 is 10.1 Å². The van der Waals surface area contributed by atoms with Gasteiger partial charge in [-0.15, -0.1) is 0 Å². The number of ether oxygens (including phenoxy) is 1. The number of aryl methyl sites for hydroxylation is 1. The molecule has 2 rings (SSSR count). The Labute approximate surface area is 123 Å². The molecule has 0 aliphatic heterocycles. The quantitative estimate of drug-likeness (QED) is 0.650. The van der Waals surface area contributed by atoms with E-state index in [0.717, 1.165) is 0 Å². The summed E-state index contributed by atoms with van der Waals surface area (Å²) in [5, 5.41) is 7.20. The fourth-order valence-corrected chi connectivity index (χ4v) is 2.04. The van der Waals surface area contributed by atoms with Crippen LogP contribution in [0, 0.1) is 3.70 Å². The average Bonchev–Trinajstić information content (AvgIpc) is 2.66. The van der Waals surface area contributed by atoms with Crippen LogP contribution in [0.3, 0.4) is 0 Å². The molecule has 0 spiro atoms. The van der Waals surface area contributed by atoms with E-state index in [9.17, 15) is 4.79 Å². The second kappa shape index (κ2) is 5.95. The normalized spacial score (nSPS) is 10.3. The molecule has 0 saturated carbocycles. The van der Waals surface area contributed by atoms with Crippen molar-refractivity contribution in [3.63, 3.8) is 0 Å². The third kappa shape index (κ3) is 3.00. The Hall–Kier alpha value is -1.71. The minimum atomic E-state index is -0.411. The first-order chi connectivity index (χ1) is 9.13. The van der Waals surface area contributed by atoms with Gasteiger partial charge in [0.1, 0.15) is 15.1 Å². The molecule has 100 valence electrons. The fourth-order valence-electron chi connectivity index (χ4n) is 1.46. The van der Waals surface area contributed by atoms with Crippen molar-refractivity contribution in [1.29, 1.82) is 0 Å². The minimum Gasteiger partial charge on any atom is -0.462 e. The van der Waals surface area contributed by atoms with Crippen molar-refractivity contribution >= 4 is 40.2 Å². The highest BCUT2D eigenvalue weighted by Crippen LogP contribution is 2.23. The smallest absolute Gasteiger partial charge is 0.344 e. The molecule has 0 radical (unpaired) electrons. The average molecular weight is 373 g/mol. The Morgan fingerprint density at radius 3 is 2.95 bits per heavy atom. The van der Waals surface area contributed by atoms with Crippen molar-refractivity contribution in [2.75, 3.05) is 11.9 Å². The molecule has 0 aromatic carbocycles. The third-order valence-electron chi connectivity index (χ3n) is 2.27. The lowest BCUT2D eigenvalue weighted by Crippen LogP contribution is -2.08. The second-order valence-electron chi connectivity index (χ2n) is 3.57. The zero-order chi connectivity index (χ0) is 13.8. The molecule has 2 aromatic rings. The number of halogens is 1. The Kier molecular flexibility index (Phi) is 4.30. The van der Waals surface area contributed by atoms with Crippen molar-refractivity contribution in [3.05, 3.63) is 27.9 Å². The molecule has 0 fully saturated rings. The summed E-state index contributed by atoms with van der Waals surface area (Å²) in [6.45, 7) is 2.07. The van der Waals surface area contributed by atoms with Gasteiger partial charge in [0.2, 0.25) is 0 Å². The predicted octanol–water partition coefficient (Wildman–Crippen LogP) is 1.73. The highest BCUT2D eigenvalue weighted by atomic mass is 127. The molecule has 0 unspecified atom stereocenters. The molecular formula is C11H12IN5O2. The van der Waals surface area contributed by atoms with Crippen LogP contribution >= 0.6 is 22.6 Å². The van der Waals surface area contributed by atoms with Crippen LogP contribution in [0.2, 0.25) is 0 Å². The van der Waals surface area contributed by atoms with Gasteiger partial charge in [0, 0.05) is 19.4 Å². The Morgan fingerprint density at radius 2 is 2.32 bits per heavy atom. The van der Waals surface area contributed by atoms with Crippen LogP contribution in [0.1, 0.15) is 17.3 Å². The van der Waals surface area contributed by atoms with Crippen molar-refractivity contribution < 1.29 is 9.53 Å². The molecule has 7 nitrogen and oxygen atoms in total. The molecule has 0 atom stereocenters. The van der Waals surface area contributed by atoms with Crippen LogP contribution in [0.15, 0.2) is 18.6 Å². The number of aromatic nitrogens is 4. The third-order valence-corrected chi connectivity index (χ3v) is 3.50. The van der Waals surface area contributed by atoms with Crippen LogP contribution in [-0.4, -0.2) is 32.3 Å². The maximum Gasteiger partial charge on any atom is 0.344 e. The first-order valence-corrected chi connectivity index (χ1v) is 6.64. The van der Waals surface area contributed by atoms with Crippen LogP contribution in [0.5, 0.6) is 0 Å². The van der Waals surface area contributed by atoms with Crippen molar-refractivity contribution in [2.24, 2.45) is 7.05 Å². The van der Waals surface area contributed by atoms with Gasteiger partial charge in [-0.25, -0.2) is 9.78 Å². The van der Waals surface area contributed by atoms with Gasteiger partial charge in [-0.1, -0.05) is 0 Å². The SMILES string of the molecule is CCOC(=O)c1c(Nc2cnccn2)nn(C)c1I. The zero-order valence-electron chi connectivity index (χ0n) is 10.4. The maximum atomic E-state index is 11.9. The Morgan fingerprint density at radius 1 is 1.53 bits per heavy atom. The molecule has 0 amide bonds. The van der Waals surface area contributed by atoms with E-state index in [-0.39, 0.29) is 0 Å². The summed E-state index contributed by atoms with van der Waals surface area (Å²) >= 11 is 2.05. The van der Waals surface area contributed by atoms with Crippen molar-refractivity contribution in [2.45, 2.75) is 6.92 Å². The summed E-state index contributed by atoms with van der Waals surface area (Å²) in [6, 6.07) is 0. The lowest BCUT2D eigenvalue weighted by molar-refractivity contribution is 0.0526. The van der Waals surface area contributed by atoms with Gasteiger partial charge in [0.15, 0.2) is 5.82 Å². The van der Waals surface area contributed by atoms with E-state index in [2.05, 4.69) is 20.4 Å². The number of hydrogen-bond acceptors (Lipinski definition) is 6. The van der Waals surface area contributed by atoms with E-state index in [1.165, 1.54) is 0 Å². The van der Waals surface area contributed by atoms with E-state index in [4.69, 9.17) is 4.74 Å².